The zero-order chi connectivity index (χ0) is 45.1. The highest BCUT2D eigenvalue weighted by Gasteiger charge is 2.19. The highest BCUT2D eigenvalue weighted by atomic mass is 16.6. The number of rotatable bonds is 44. The highest BCUT2D eigenvalue weighted by Crippen LogP contribution is 2.14. The van der Waals surface area contributed by atoms with Crippen LogP contribution in [0.2, 0.25) is 0 Å². The summed E-state index contributed by atoms with van der Waals surface area (Å²) < 4.78 is 16.6. The van der Waals surface area contributed by atoms with Crippen LogP contribution in [-0.4, -0.2) is 37.2 Å². The molecule has 0 bridgehead atoms. The average molecular weight is 861 g/mol. The Kier molecular flexibility index (Phi) is 47.0. The zero-order valence-electron chi connectivity index (χ0n) is 40.1. The minimum absolute atomic E-state index is 0.0907. The minimum Gasteiger partial charge on any atom is -0.462 e. The Hall–Kier alpha value is -3.67. The molecular formula is C56H92O6. The van der Waals surface area contributed by atoms with Crippen molar-refractivity contribution in [3.63, 3.8) is 0 Å². The maximum Gasteiger partial charge on any atom is 0.306 e. The van der Waals surface area contributed by atoms with Gasteiger partial charge in [-0.15, -0.1) is 0 Å². The van der Waals surface area contributed by atoms with Gasteiger partial charge in [0, 0.05) is 19.3 Å². The number of unbranched alkanes of at least 4 members (excludes halogenated alkanes) is 17. The van der Waals surface area contributed by atoms with Crippen LogP contribution in [0, 0.1) is 0 Å². The number of hydrogen-bond donors (Lipinski definition) is 0. The first-order chi connectivity index (χ1) is 30.5. The molecular weight excluding hydrogens is 769 g/mol. The summed E-state index contributed by atoms with van der Waals surface area (Å²) in [6, 6.07) is 0. The van der Waals surface area contributed by atoms with Crippen LogP contribution in [0.3, 0.4) is 0 Å². The van der Waals surface area contributed by atoms with Crippen molar-refractivity contribution in [2.75, 3.05) is 13.2 Å². The van der Waals surface area contributed by atoms with Gasteiger partial charge >= 0.3 is 17.9 Å². The van der Waals surface area contributed by atoms with Crippen LogP contribution in [0.5, 0.6) is 0 Å². The number of esters is 3. The molecule has 0 aliphatic rings. The first-order valence-corrected chi connectivity index (χ1v) is 25.2. The predicted octanol–water partition coefficient (Wildman–Crippen LogP) is 16.6. The fourth-order valence-corrected chi connectivity index (χ4v) is 6.57. The first kappa shape index (κ1) is 58.3. The SMILES string of the molecule is CC/C=C\C/C=C\C/C=C\C/C=C\C/C=C\C/C=C\C/C=C\C/C=C\CCCCC(=O)OCC(COC(=O)CCCCCCCC)OC(=O)CCCCCCCCCCCCC. The van der Waals surface area contributed by atoms with Gasteiger partial charge in [-0.05, 0) is 83.5 Å². The van der Waals surface area contributed by atoms with E-state index in [0.29, 0.717) is 19.3 Å². The van der Waals surface area contributed by atoms with E-state index in [-0.39, 0.29) is 31.1 Å². The van der Waals surface area contributed by atoms with E-state index < -0.39 is 6.10 Å². The van der Waals surface area contributed by atoms with Crippen LogP contribution in [0.15, 0.2) is 97.2 Å². The molecule has 0 saturated heterocycles. The molecule has 1 unspecified atom stereocenters. The summed E-state index contributed by atoms with van der Waals surface area (Å²) in [7, 11) is 0. The van der Waals surface area contributed by atoms with Crippen molar-refractivity contribution in [2.24, 2.45) is 0 Å². The summed E-state index contributed by atoms with van der Waals surface area (Å²) in [5.74, 6) is -0.952. The van der Waals surface area contributed by atoms with Crippen molar-refractivity contribution >= 4 is 17.9 Å². The number of carbonyl (C=O) groups is 3. The molecule has 0 aliphatic carbocycles. The number of ether oxygens (including phenoxy) is 3. The molecule has 0 spiro atoms. The van der Waals surface area contributed by atoms with Gasteiger partial charge in [0.25, 0.3) is 0 Å². The van der Waals surface area contributed by atoms with E-state index in [1.54, 1.807) is 0 Å². The molecule has 0 aromatic heterocycles. The standard InChI is InChI=1S/C56H92O6/c1-4-7-10-13-16-18-20-21-22-23-24-25-26-27-28-29-30-31-32-33-34-35-37-38-40-43-46-49-55(58)61-52-53(51-60-54(57)48-45-42-15-12-9-6-3)62-56(59)50-47-44-41-39-36-19-17-14-11-8-5-2/h7,10,16,18,21-22,24-25,27-28,30-31,33-34,37-38,53H,4-6,8-9,11-15,17,19-20,23,26,29,32,35-36,39-52H2,1-3H3/b10-7-,18-16-,22-21-,25-24-,28-27-,31-30-,34-33-,38-37-. The van der Waals surface area contributed by atoms with E-state index in [1.165, 1.54) is 70.6 Å². The second-order valence-electron chi connectivity index (χ2n) is 16.4. The van der Waals surface area contributed by atoms with Crippen LogP contribution < -0.4 is 0 Å². The summed E-state index contributed by atoms with van der Waals surface area (Å²) in [5, 5.41) is 0. The molecule has 352 valence electrons. The highest BCUT2D eigenvalue weighted by molar-refractivity contribution is 5.71. The topological polar surface area (TPSA) is 78.9 Å². The summed E-state index contributed by atoms with van der Waals surface area (Å²) >= 11 is 0. The minimum atomic E-state index is -0.789. The smallest absolute Gasteiger partial charge is 0.306 e. The fourth-order valence-electron chi connectivity index (χ4n) is 6.57. The lowest BCUT2D eigenvalue weighted by Gasteiger charge is -2.18. The Labute approximate surface area is 381 Å². The van der Waals surface area contributed by atoms with Crippen LogP contribution in [0.1, 0.15) is 220 Å². The second kappa shape index (κ2) is 50.0. The summed E-state index contributed by atoms with van der Waals surface area (Å²) in [6.45, 7) is 6.40. The van der Waals surface area contributed by atoms with E-state index in [4.69, 9.17) is 14.2 Å². The molecule has 6 nitrogen and oxygen atoms in total. The molecule has 0 fully saturated rings. The maximum absolute atomic E-state index is 12.7. The van der Waals surface area contributed by atoms with E-state index in [9.17, 15) is 14.4 Å². The normalized spacial score (nSPS) is 12.9. The van der Waals surface area contributed by atoms with Crippen LogP contribution >= 0.6 is 0 Å². The fraction of sp³-hybridized carbons (Fsp3) is 0.661. The molecule has 62 heavy (non-hydrogen) atoms. The van der Waals surface area contributed by atoms with Gasteiger partial charge < -0.3 is 14.2 Å². The monoisotopic (exact) mass is 861 g/mol. The molecule has 0 rings (SSSR count). The molecule has 0 saturated carbocycles. The van der Waals surface area contributed by atoms with Gasteiger partial charge in [-0.2, -0.15) is 0 Å². The van der Waals surface area contributed by atoms with E-state index in [0.717, 1.165) is 109 Å². The lowest BCUT2D eigenvalue weighted by molar-refractivity contribution is -0.167. The van der Waals surface area contributed by atoms with Crippen molar-refractivity contribution in [3.8, 4) is 0 Å². The Morgan fingerprint density at radius 2 is 0.629 bits per heavy atom. The second-order valence-corrected chi connectivity index (χ2v) is 16.4. The Bertz CT molecular complexity index is 1260. The lowest BCUT2D eigenvalue weighted by atomic mass is 10.1. The van der Waals surface area contributed by atoms with E-state index in [2.05, 4.69) is 118 Å². The third kappa shape index (κ3) is 47.4. The lowest BCUT2D eigenvalue weighted by Crippen LogP contribution is -2.30. The van der Waals surface area contributed by atoms with Gasteiger partial charge in [0.15, 0.2) is 6.10 Å². The Balaban J connectivity index is 4.25. The van der Waals surface area contributed by atoms with Gasteiger partial charge in [-0.3, -0.25) is 14.4 Å². The molecule has 1 atom stereocenters. The Morgan fingerprint density at radius 1 is 0.339 bits per heavy atom. The molecule has 0 aromatic carbocycles. The van der Waals surface area contributed by atoms with E-state index in [1.807, 2.05) is 0 Å². The largest absolute Gasteiger partial charge is 0.462 e. The third-order valence-corrected chi connectivity index (χ3v) is 10.4. The molecule has 0 amide bonds. The third-order valence-electron chi connectivity index (χ3n) is 10.4. The van der Waals surface area contributed by atoms with Gasteiger partial charge in [-0.1, -0.05) is 214 Å². The van der Waals surface area contributed by atoms with Crippen molar-refractivity contribution in [1.29, 1.82) is 0 Å². The van der Waals surface area contributed by atoms with E-state index >= 15 is 0 Å². The van der Waals surface area contributed by atoms with Gasteiger partial charge in [-0.25, -0.2) is 0 Å². The quantitative estimate of drug-likeness (QED) is 0.0263. The maximum atomic E-state index is 12.7. The van der Waals surface area contributed by atoms with Crippen LogP contribution in [0.25, 0.3) is 0 Å². The number of allylic oxidation sites excluding steroid dienone is 16. The number of hydrogen-bond acceptors (Lipinski definition) is 6. The van der Waals surface area contributed by atoms with Crippen molar-refractivity contribution in [3.05, 3.63) is 97.2 Å². The van der Waals surface area contributed by atoms with Gasteiger partial charge in [0.1, 0.15) is 13.2 Å². The van der Waals surface area contributed by atoms with Crippen LogP contribution in [-0.2, 0) is 28.6 Å². The molecule has 0 radical (unpaired) electrons. The zero-order valence-corrected chi connectivity index (χ0v) is 40.1. The molecule has 6 heteroatoms. The van der Waals surface area contributed by atoms with Crippen molar-refractivity contribution in [2.45, 2.75) is 226 Å². The summed E-state index contributed by atoms with van der Waals surface area (Å²) in [4.78, 5) is 37.6. The molecule has 0 aliphatic heterocycles. The molecule has 0 N–H and O–H groups in total. The first-order valence-electron chi connectivity index (χ1n) is 25.2. The molecule has 0 heterocycles. The van der Waals surface area contributed by atoms with Crippen molar-refractivity contribution in [1.82, 2.24) is 0 Å². The van der Waals surface area contributed by atoms with Gasteiger partial charge in [0.05, 0.1) is 0 Å². The summed E-state index contributed by atoms with van der Waals surface area (Å²) in [5.41, 5.74) is 0. The average Bonchev–Trinajstić information content (AvgIpc) is 3.27. The predicted molar refractivity (Wildman–Crippen MR) is 265 cm³/mol. The van der Waals surface area contributed by atoms with Gasteiger partial charge in [0.2, 0.25) is 0 Å². The Morgan fingerprint density at radius 3 is 0.984 bits per heavy atom. The number of carbonyl (C=O) groups excluding carboxylic acids is 3. The van der Waals surface area contributed by atoms with Crippen molar-refractivity contribution < 1.29 is 28.6 Å². The van der Waals surface area contributed by atoms with Crippen LogP contribution in [0.4, 0.5) is 0 Å². The summed E-state index contributed by atoms with van der Waals surface area (Å²) in [6.07, 6.45) is 65.7. The molecule has 0 aromatic rings.